The van der Waals surface area contributed by atoms with Crippen molar-refractivity contribution in [2.24, 2.45) is 5.92 Å². The van der Waals surface area contributed by atoms with Crippen LogP contribution in [0, 0.1) is 5.92 Å². The number of carbonyl (C=O) groups is 2. The average Bonchev–Trinajstić information content (AvgIpc) is 2.76. The monoisotopic (exact) mass is 423 g/mol. The van der Waals surface area contributed by atoms with E-state index in [2.05, 4.69) is 5.32 Å². The summed E-state index contributed by atoms with van der Waals surface area (Å²) < 4.78 is 15.6. The van der Waals surface area contributed by atoms with Crippen molar-refractivity contribution in [1.82, 2.24) is 5.32 Å². The van der Waals surface area contributed by atoms with Crippen LogP contribution in [0.3, 0.4) is 0 Å². The minimum atomic E-state index is -0.732. The van der Waals surface area contributed by atoms with E-state index in [1.807, 2.05) is 44.2 Å². The Morgan fingerprint density at radius 3 is 2.48 bits per heavy atom. The first-order chi connectivity index (χ1) is 14.9. The van der Waals surface area contributed by atoms with Crippen molar-refractivity contribution >= 4 is 22.8 Å². The second kappa shape index (κ2) is 9.93. The normalized spacial score (nSPS) is 11.9. The molecule has 0 bridgehead atoms. The standard InChI is InChI=1S/C24H25NO6/c1-15(2)11-20(24(28)29-3)25-22(26)14-30-17-9-10-18-19(16-7-5-4-6-8-16)13-23(27)31-21(18)12-17/h4-10,12-13,15,20H,11,14H2,1-3H3,(H,25,26)/t20-/m1/s1. The highest BCUT2D eigenvalue weighted by Crippen LogP contribution is 2.29. The van der Waals surface area contributed by atoms with Gasteiger partial charge < -0.3 is 19.2 Å². The molecule has 0 unspecified atom stereocenters. The molecule has 0 spiro atoms. The van der Waals surface area contributed by atoms with Crippen molar-refractivity contribution < 1.29 is 23.5 Å². The molecule has 7 nitrogen and oxygen atoms in total. The molecule has 3 rings (SSSR count). The zero-order chi connectivity index (χ0) is 22.4. The quantitative estimate of drug-likeness (QED) is 0.440. The van der Waals surface area contributed by atoms with Gasteiger partial charge in [-0.2, -0.15) is 0 Å². The van der Waals surface area contributed by atoms with E-state index in [1.165, 1.54) is 13.2 Å². The molecule has 0 radical (unpaired) electrons. The predicted molar refractivity (Wildman–Crippen MR) is 117 cm³/mol. The molecule has 3 aromatic rings. The van der Waals surface area contributed by atoms with Gasteiger partial charge in [-0.15, -0.1) is 0 Å². The number of benzene rings is 2. The van der Waals surface area contributed by atoms with Gasteiger partial charge in [0.25, 0.3) is 5.91 Å². The maximum Gasteiger partial charge on any atom is 0.336 e. The Hall–Kier alpha value is -3.61. The van der Waals surface area contributed by atoms with E-state index in [1.54, 1.807) is 18.2 Å². The molecule has 162 valence electrons. The number of carbonyl (C=O) groups excluding carboxylic acids is 2. The van der Waals surface area contributed by atoms with Crippen LogP contribution in [-0.2, 0) is 14.3 Å². The molecule has 0 saturated carbocycles. The topological polar surface area (TPSA) is 94.8 Å². The first kappa shape index (κ1) is 22.1. The minimum absolute atomic E-state index is 0.201. The van der Waals surface area contributed by atoms with Gasteiger partial charge in [0.2, 0.25) is 0 Å². The Morgan fingerprint density at radius 2 is 1.81 bits per heavy atom. The zero-order valence-electron chi connectivity index (χ0n) is 17.7. The van der Waals surface area contributed by atoms with Crippen molar-refractivity contribution in [3.8, 4) is 16.9 Å². The fourth-order valence-electron chi connectivity index (χ4n) is 3.30. The molecule has 1 atom stereocenters. The van der Waals surface area contributed by atoms with E-state index in [4.69, 9.17) is 13.9 Å². The third-order valence-corrected chi connectivity index (χ3v) is 4.70. The van der Waals surface area contributed by atoms with E-state index in [-0.39, 0.29) is 12.5 Å². The summed E-state index contributed by atoms with van der Waals surface area (Å²) in [5.41, 5.74) is 1.53. The summed E-state index contributed by atoms with van der Waals surface area (Å²) in [6.07, 6.45) is 0.460. The zero-order valence-corrected chi connectivity index (χ0v) is 17.7. The van der Waals surface area contributed by atoms with Crippen molar-refractivity contribution in [2.75, 3.05) is 13.7 Å². The second-order valence-electron chi connectivity index (χ2n) is 7.56. The van der Waals surface area contributed by atoms with Gasteiger partial charge in [-0.1, -0.05) is 44.2 Å². The van der Waals surface area contributed by atoms with Crippen LogP contribution in [0.5, 0.6) is 5.75 Å². The molecule has 1 amide bonds. The van der Waals surface area contributed by atoms with Gasteiger partial charge in [-0.3, -0.25) is 4.79 Å². The van der Waals surface area contributed by atoms with Crippen LogP contribution in [0.15, 0.2) is 63.8 Å². The molecule has 1 heterocycles. The summed E-state index contributed by atoms with van der Waals surface area (Å²) in [6.45, 7) is 3.61. The Bertz CT molecular complexity index is 1120. The number of amides is 1. The Morgan fingerprint density at radius 1 is 1.06 bits per heavy atom. The van der Waals surface area contributed by atoms with Crippen LogP contribution in [0.4, 0.5) is 0 Å². The third-order valence-electron chi connectivity index (χ3n) is 4.70. The van der Waals surface area contributed by atoms with Crippen LogP contribution in [-0.4, -0.2) is 31.6 Å². The fourth-order valence-corrected chi connectivity index (χ4v) is 3.30. The number of hydrogen-bond acceptors (Lipinski definition) is 6. The molecule has 0 fully saturated rings. The van der Waals surface area contributed by atoms with Gasteiger partial charge in [0, 0.05) is 17.5 Å². The first-order valence-corrected chi connectivity index (χ1v) is 10.0. The first-order valence-electron chi connectivity index (χ1n) is 10.0. The van der Waals surface area contributed by atoms with Crippen LogP contribution in [0.1, 0.15) is 20.3 Å². The Balaban J connectivity index is 1.75. The SMILES string of the molecule is COC(=O)[C@@H](CC(C)C)NC(=O)COc1ccc2c(-c3ccccc3)cc(=O)oc2c1. The molecule has 0 aliphatic carbocycles. The molecule has 7 heteroatoms. The number of hydrogen-bond donors (Lipinski definition) is 1. The smallest absolute Gasteiger partial charge is 0.336 e. The van der Waals surface area contributed by atoms with Gasteiger partial charge in [0.1, 0.15) is 17.4 Å². The molecule has 0 aliphatic rings. The number of fused-ring (bicyclic) bond motifs is 1. The lowest BCUT2D eigenvalue weighted by Gasteiger charge is -2.18. The van der Waals surface area contributed by atoms with E-state index in [0.717, 1.165) is 16.5 Å². The molecule has 31 heavy (non-hydrogen) atoms. The van der Waals surface area contributed by atoms with Crippen LogP contribution in [0.25, 0.3) is 22.1 Å². The molecule has 0 aliphatic heterocycles. The molecule has 0 saturated heterocycles. The maximum atomic E-state index is 12.3. The van der Waals surface area contributed by atoms with Gasteiger partial charge in [-0.05, 0) is 35.6 Å². The highest BCUT2D eigenvalue weighted by Gasteiger charge is 2.22. The Labute approximate surface area is 180 Å². The van der Waals surface area contributed by atoms with E-state index in [9.17, 15) is 14.4 Å². The van der Waals surface area contributed by atoms with Gasteiger partial charge in [0.05, 0.1) is 7.11 Å². The van der Waals surface area contributed by atoms with Gasteiger partial charge in [0.15, 0.2) is 6.61 Å². The van der Waals surface area contributed by atoms with E-state index < -0.39 is 23.5 Å². The van der Waals surface area contributed by atoms with Crippen LogP contribution in [0.2, 0.25) is 0 Å². The second-order valence-corrected chi connectivity index (χ2v) is 7.56. The summed E-state index contributed by atoms with van der Waals surface area (Å²) >= 11 is 0. The molecular weight excluding hydrogens is 398 g/mol. The van der Waals surface area contributed by atoms with Crippen LogP contribution < -0.4 is 15.7 Å². The summed E-state index contributed by atoms with van der Waals surface area (Å²) in [4.78, 5) is 36.2. The largest absolute Gasteiger partial charge is 0.484 e. The molecule has 1 aromatic heterocycles. The fraction of sp³-hybridized carbons (Fsp3) is 0.292. The van der Waals surface area contributed by atoms with E-state index in [0.29, 0.717) is 17.8 Å². The van der Waals surface area contributed by atoms with Gasteiger partial charge >= 0.3 is 11.6 Å². The predicted octanol–water partition coefficient (Wildman–Crippen LogP) is 3.54. The average molecular weight is 423 g/mol. The number of methoxy groups -OCH3 is 1. The lowest BCUT2D eigenvalue weighted by atomic mass is 10.0. The highest BCUT2D eigenvalue weighted by atomic mass is 16.5. The highest BCUT2D eigenvalue weighted by molar-refractivity contribution is 5.93. The summed E-state index contributed by atoms with van der Waals surface area (Å²) in [7, 11) is 1.28. The van der Waals surface area contributed by atoms with Crippen molar-refractivity contribution in [1.29, 1.82) is 0 Å². The molecule has 1 N–H and O–H groups in total. The minimum Gasteiger partial charge on any atom is -0.484 e. The number of rotatable bonds is 8. The van der Waals surface area contributed by atoms with Crippen molar-refractivity contribution in [2.45, 2.75) is 26.3 Å². The summed E-state index contributed by atoms with van der Waals surface area (Å²) in [6, 6.07) is 15.3. The number of ether oxygens (including phenoxy) is 2. The molecular formula is C24H25NO6. The van der Waals surface area contributed by atoms with Crippen molar-refractivity contribution in [3.05, 3.63) is 65.0 Å². The van der Waals surface area contributed by atoms with E-state index >= 15 is 0 Å². The Kier molecular flexibility index (Phi) is 7.07. The number of esters is 1. The summed E-state index contributed by atoms with van der Waals surface area (Å²) in [5.74, 6) is -0.374. The summed E-state index contributed by atoms with van der Waals surface area (Å²) in [5, 5.41) is 3.39. The van der Waals surface area contributed by atoms with Crippen molar-refractivity contribution in [3.63, 3.8) is 0 Å². The third kappa shape index (κ3) is 5.72. The lowest BCUT2D eigenvalue weighted by molar-refractivity contribution is -0.145. The maximum absolute atomic E-state index is 12.3. The van der Waals surface area contributed by atoms with Gasteiger partial charge in [-0.25, -0.2) is 9.59 Å². The number of nitrogens with one attached hydrogen (secondary N) is 1. The lowest BCUT2D eigenvalue weighted by Crippen LogP contribution is -2.44. The molecule has 2 aromatic carbocycles. The van der Waals surface area contributed by atoms with Crippen LogP contribution >= 0.6 is 0 Å².